The first-order valence-corrected chi connectivity index (χ1v) is 9.84. The van der Waals surface area contributed by atoms with Crippen LogP contribution in [0.25, 0.3) is 0 Å². The first-order valence-electron chi connectivity index (χ1n) is 8.40. The molecule has 1 aromatic rings. The molecule has 0 saturated carbocycles. The predicted molar refractivity (Wildman–Crippen MR) is 89.0 cm³/mol. The van der Waals surface area contributed by atoms with Crippen LogP contribution in [-0.4, -0.2) is 57.1 Å². The molecule has 2 fully saturated rings. The average molecular weight is 339 g/mol. The second-order valence-corrected chi connectivity index (χ2v) is 8.17. The van der Waals surface area contributed by atoms with Crippen molar-refractivity contribution < 1.29 is 13.2 Å². The Balaban J connectivity index is 1.73. The summed E-state index contributed by atoms with van der Waals surface area (Å²) in [5.41, 5.74) is 0. The van der Waals surface area contributed by atoms with Crippen LogP contribution in [0.2, 0.25) is 0 Å². The summed E-state index contributed by atoms with van der Waals surface area (Å²) in [6.45, 7) is 5.97. The normalized spacial score (nSPS) is 23.9. The molecule has 3 heterocycles. The number of sulfonamides is 1. The van der Waals surface area contributed by atoms with Gasteiger partial charge in [-0.3, -0.25) is 0 Å². The molecule has 0 radical (unpaired) electrons. The zero-order valence-corrected chi connectivity index (χ0v) is 14.5. The van der Waals surface area contributed by atoms with E-state index in [2.05, 4.69) is 16.8 Å². The molecule has 0 aliphatic carbocycles. The van der Waals surface area contributed by atoms with Gasteiger partial charge in [-0.15, -0.1) is 0 Å². The molecule has 1 aromatic heterocycles. The molecule has 0 aromatic carbocycles. The lowest BCUT2D eigenvalue weighted by molar-refractivity contribution is 0.0730. The number of ether oxygens (including phenoxy) is 1. The summed E-state index contributed by atoms with van der Waals surface area (Å²) in [6.07, 6.45) is 5.13. The molecule has 2 aliphatic rings. The van der Waals surface area contributed by atoms with E-state index in [0.717, 1.165) is 18.9 Å². The Labute approximate surface area is 138 Å². The van der Waals surface area contributed by atoms with Crippen molar-refractivity contribution in [3.63, 3.8) is 0 Å². The lowest BCUT2D eigenvalue weighted by atomic mass is 9.96. The molecule has 1 atom stereocenters. The van der Waals surface area contributed by atoms with Crippen molar-refractivity contribution in [2.45, 2.75) is 31.1 Å². The van der Waals surface area contributed by atoms with Crippen LogP contribution in [0.5, 0.6) is 0 Å². The Hall–Kier alpha value is -1.18. The lowest BCUT2D eigenvalue weighted by Gasteiger charge is -2.33. The Morgan fingerprint density at radius 2 is 2.04 bits per heavy atom. The highest BCUT2D eigenvalue weighted by Crippen LogP contribution is 2.25. The molecule has 2 aliphatic heterocycles. The van der Waals surface area contributed by atoms with E-state index >= 15 is 0 Å². The van der Waals surface area contributed by atoms with E-state index in [1.165, 1.54) is 29.8 Å². The lowest BCUT2D eigenvalue weighted by Crippen LogP contribution is -2.40. The SMILES string of the molecule is CC[C@H]1CCCN(c2ccc(S(=O)(=O)N3CCOCC3)cn2)C1. The third-order valence-electron chi connectivity index (χ3n) is 4.75. The van der Waals surface area contributed by atoms with Crippen molar-refractivity contribution in [1.82, 2.24) is 9.29 Å². The average Bonchev–Trinajstić information content (AvgIpc) is 2.62. The number of hydrogen-bond donors (Lipinski definition) is 0. The van der Waals surface area contributed by atoms with E-state index < -0.39 is 10.0 Å². The fourth-order valence-corrected chi connectivity index (χ4v) is 4.61. The molecule has 7 heteroatoms. The van der Waals surface area contributed by atoms with Crippen LogP contribution in [0, 0.1) is 5.92 Å². The summed E-state index contributed by atoms with van der Waals surface area (Å²) >= 11 is 0. The molecule has 23 heavy (non-hydrogen) atoms. The number of rotatable bonds is 4. The largest absolute Gasteiger partial charge is 0.379 e. The summed E-state index contributed by atoms with van der Waals surface area (Å²) in [5, 5.41) is 0. The van der Waals surface area contributed by atoms with Gasteiger partial charge < -0.3 is 9.64 Å². The summed E-state index contributed by atoms with van der Waals surface area (Å²) in [7, 11) is -3.45. The summed E-state index contributed by atoms with van der Waals surface area (Å²) in [6, 6.07) is 3.52. The van der Waals surface area contributed by atoms with Gasteiger partial charge in [0, 0.05) is 32.4 Å². The van der Waals surface area contributed by atoms with Gasteiger partial charge in [0.05, 0.1) is 13.2 Å². The first-order chi connectivity index (χ1) is 11.1. The molecule has 0 unspecified atom stereocenters. The maximum absolute atomic E-state index is 12.6. The molecular weight excluding hydrogens is 314 g/mol. The molecule has 0 spiro atoms. The Morgan fingerprint density at radius 1 is 1.26 bits per heavy atom. The monoisotopic (exact) mass is 339 g/mol. The quantitative estimate of drug-likeness (QED) is 0.836. The maximum atomic E-state index is 12.6. The van der Waals surface area contributed by atoms with Crippen molar-refractivity contribution in [3.05, 3.63) is 18.3 Å². The van der Waals surface area contributed by atoms with Crippen molar-refractivity contribution in [2.75, 3.05) is 44.3 Å². The van der Waals surface area contributed by atoms with Gasteiger partial charge in [0.1, 0.15) is 10.7 Å². The Morgan fingerprint density at radius 3 is 2.70 bits per heavy atom. The van der Waals surface area contributed by atoms with E-state index in [1.807, 2.05) is 6.07 Å². The van der Waals surface area contributed by atoms with Crippen molar-refractivity contribution in [3.8, 4) is 0 Å². The molecule has 0 amide bonds. The zero-order chi connectivity index (χ0) is 16.3. The van der Waals surface area contributed by atoms with Crippen molar-refractivity contribution in [2.24, 2.45) is 5.92 Å². The molecular formula is C16H25N3O3S. The number of piperidine rings is 1. The number of pyridine rings is 1. The second-order valence-electron chi connectivity index (χ2n) is 6.23. The van der Waals surface area contributed by atoms with Gasteiger partial charge in [0.25, 0.3) is 0 Å². The van der Waals surface area contributed by atoms with Gasteiger partial charge in [0.2, 0.25) is 10.0 Å². The summed E-state index contributed by atoms with van der Waals surface area (Å²) < 4.78 is 31.9. The predicted octanol–water partition coefficient (Wildman–Crippen LogP) is 1.73. The highest BCUT2D eigenvalue weighted by molar-refractivity contribution is 7.89. The maximum Gasteiger partial charge on any atom is 0.244 e. The smallest absolute Gasteiger partial charge is 0.244 e. The second kappa shape index (κ2) is 7.15. The van der Waals surface area contributed by atoms with E-state index in [0.29, 0.717) is 32.2 Å². The van der Waals surface area contributed by atoms with Crippen LogP contribution < -0.4 is 4.90 Å². The third-order valence-corrected chi connectivity index (χ3v) is 6.63. The highest BCUT2D eigenvalue weighted by atomic mass is 32.2. The van der Waals surface area contributed by atoms with Crippen LogP contribution in [0.15, 0.2) is 23.2 Å². The zero-order valence-electron chi connectivity index (χ0n) is 13.6. The van der Waals surface area contributed by atoms with Gasteiger partial charge in [-0.1, -0.05) is 13.3 Å². The Kier molecular flexibility index (Phi) is 5.18. The fourth-order valence-electron chi connectivity index (χ4n) is 3.25. The van der Waals surface area contributed by atoms with Crippen molar-refractivity contribution >= 4 is 15.8 Å². The minimum atomic E-state index is -3.45. The number of morpholine rings is 1. The summed E-state index contributed by atoms with van der Waals surface area (Å²) in [4.78, 5) is 6.96. The van der Waals surface area contributed by atoms with E-state index in [9.17, 15) is 8.42 Å². The Bertz CT molecular complexity index is 612. The first kappa shape index (κ1) is 16.7. The molecule has 6 nitrogen and oxygen atoms in total. The molecule has 128 valence electrons. The van der Waals surface area contributed by atoms with Gasteiger partial charge >= 0.3 is 0 Å². The summed E-state index contributed by atoms with van der Waals surface area (Å²) in [5.74, 6) is 1.59. The number of hydrogen-bond acceptors (Lipinski definition) is 5. The number of anilines is 1. The minimum absolute atomic E-state index is 0.271. The van der Waals surface area contributed by atoms with Gasteiger partial charge in [-0.25, -0.2) is 13.4 Å². The van der Waals surface area contributed by atoms with Crippen LogP contribution in [0.1, 0.15) is 26.2 Å². The van der Waals surface area contributed by atoms with Crippen LogP contribution in [0.4, 0.5) is 5.82 Å². The van der Waals surface area contributed by atoms with E-state index in [1.54, 1.807) is 6.07 Å². The number of aromatic nitrogens is 1. The molecule has 2 saturated heterocycles. The van der Waals surface area contributed by atoms with Gasteiger partial charge in [0.15, 0.2) is 0 Å². The van der Waals surface area contributed by atoms with Crippen molar-refractivity contribution in [1.29, 1.82) is 0 Å². The van der Waals surface area contributed by atoms with Gasteiger partial charge in [-0.05, 0) is 30.9 Å². The molecule has 3 rings (SSSR count). The standard InChI is InChI=1S/C16H25N3O3S/c1-2-14-4-3-7-18(13-14)16-6-5-15(12-17-16)23(20,21)19-8-10-22-11-9-19/h5-6,12,14H,2-4,7-11,13H2,1H3/t14-/m0/s1. The van der Waals surface area contributed by atoms with Crippen LogP contribution in [-0.2, 0) is 14.8 Å². The van der Waals surface area contributed by atoms with E-state index in [4.69, 9.17) is 4.74 Å². The number of nitrogens with zero attached hydrogens (tertiary/aromatic N) is 3. The van der Waals surface area contributed by atoms with Crippen LogP contribution >= 0.6 is 0 Å². The molecule has 0 N–H and O–H groups in total. The fraction of sp³-hybridized carbons (Fsp3) is 0.688. The highest BCUT2D eigenvalue weighted by Gasteiger charge is 2.27. The topological polar surface area (TPSA) is 62.7 Å². The third kappa shape index (κ3) is 3.67. The van der Waals surface area contributed by atoms with Crippen LogP contribution in [0.3, 0.4) is 0 Å². The van der Waals surface area contributed by atoms with Gasteiger partial charge in [-0.2, -0.15) is 4.31 Å². The molecule has 0 bridgehead atoms. The minimum Gasteiger partial charge on any atom is -0.379 e. The van der Waals surface area contributed by atoms with E-state index in [-0.39, 0.29) is 4.90 Å².